The van der Waals surface area contributed by atoms with Gasteiger partial charge in [-0.2, -0.15) is 8.42 Å². The maximum atomic E-state index is 14.8. The largest absolute Gasteiger partial charge is 0.469 e. The molecule has 8 bridgehead atoms. The molecule has 3 aliphatic heterocycles. The minimum atomic E-state index is -3.75. The van der Waals surface area contributed by atoms with Gasteiger partial charge in [0, 0.05) is 59.2 Å². The summed E-state index contributed by atoms with van der Waals surface area (Å²) < 4.78 is 50.9. The number of aromatic amines is 2. The number of rotatable bonds is 17. The van der Waals surface area contributed by atoms with E-state index >= 15 is 0 Å². The molecule has 3 aromatic heterocycles. The van der Waals surface area contributed by atoms with Crippen LogP contribution in [0.15, 0.2) is 18.2 Å². The Morgan fingerprint density at radius 3 is 2.29 bits per heavy atom. The first-order valence-corrected chi connectivity index (χ1v) is 23.9. The van der Waals surface area contributed by atoms with Gasteiger partial charge in [0.15, 0.2) is 0 Å². The molecular formula is C47H62N6O11S. The Morgan fingerprint density at radius 2 is 1.62 bits per heavy atom. The van der Waals surface area contributed by atoms with Crippen LogP contribution in [0.2, 0.25) is 0 Å². The van der Waals surface area contributed by atoms with Crippen molar-refractivity contribution in [1.82, 2.24) is 30.2 Å². The highest BCUT2D eigenvalue weighted by Gasteiger charge is 2.41. The zero-order chi connectivity index (χ0) is 47.5. The van der Waals surface area contributed by atoms with Crippen molar-refractivity contribution < 1.29 is 50.7 Å². The maximum Gasteiger partial charge on any atom is 0.407 e. The summed E-state index contributed by atoms with van der Waals surface area (Å²) in [6.45, 7) is 18.1. The summed E-state index contributed by atoms with van der Waals surface area (Å²) in [4.78, 5) is 72.4. The van der Waals surface area contributed by atoms with Crippen LogP contribution in [0.3, 0.4) is 0 Å². The minimum absolute atomic E-state index is 0.0634. The molecule has 0 aromatic carbocycles. The Kier molecular flexibility index (Phi) is 15.1. The predicted octanol–water partition coefficient (Wildman–Crippen LogP) is 7.69. The molecule has 0 saturated heterocycles. The smallest absolute Gasteiger partial charge is 0.407 e. The lowest BCUT2D eigenvalue weighted by atomic mass is 9.84. The summed E-state index contributed by atoms with van der Waals surface area (Å²) in [5, 5.41) is 2.69. The van der Waals surface area contributed by atoms with Crippen LogP contribution in [0.4, 0.5) is 4.79 Å². The van der Waals surface area contributed by atoms with Crippen LogP contribution in [0.25, 0.3) is 33.2 Å². The third-order valence-corrected chi connectivity index (χ3v) is 12.6. The first-order valence-electron chi connectivity index (χ1n) is 22.1. The lowest BCUT2D eigenvalue weighted by Crippen LogP contribution is -2.41. The molecule has 65 heavy (non-hydrogen) atoms. The van der Waals surface area contributed by atoms with Gasteiger partial charge >= 0.3 is 12.1 Å². The normalized spacial score (nSPS) is 16.9. The quantitative estimate of drug-likeness (QED) is 0.0512. The van der Waals surface area contributed by atoms with Crippen molar-refractivity contribution in [3.05, 3.63) is 68.8 Å². The van der Waals surface area contributed by atoms with E-state index in [1.54, 1.807) is 20.8 Å². The number of carbonyl (C=O) groups is 4. The number of hydrogen-bond acceptors (Lipinski definition) is 13. The van der Waals surface area contributed by atoms with Crippen LogP contribution < -0.4 is 5.32 Å². The molecule has 18 heteroatoms. The standard InChI is InChI=1S/C47H62N6O11S/c1-12-30-25(2)32-24-37-39(29(6)62-21-20-61-19-16-48-46(57)64-47(7,8)9)27(4)34(50-37)22-33-26(3)31(14-15-38(54)60-10)42(51-33)41-43-40(28(5)35(52-43)23-36(30)49-32)44(55)53(45(41)56)17-13-18-63-65(11,58)59/h22-24,26,29,31,50,52H,12-21H2,1-11H3,(H,48,57)/t26-,29?,31-/m0/s1. The highest BCUT2D eigenvalue weighted by molar-refractivity contribution is 7.85. The zero-order valence-electron chi connectivity index (χ0n) is 39.3. The Balaban J connectivity index is 1.49. The Hall–Kier alpha value is -5.43. The molecule has 0 saturated carbocycles. The second-order valence-electron chi connectivity index (χ2n) is 17.7. The first-order chi connectivity index (χ1) is 30.6. The van der Waals surface area contributed by atoms with Crippen molar-refractivity contribution in [3.8, 4) is 0 Å². The average molecular weight is 919 g/mol. The van der Waals surface area contributed by atoms with Crippen LogP contribution in [0.5, 0.6) is 0 Å². The molecule has 6 heterocycles. The summed E-state index contributed by atoms with van der Waals surface area (Å²) in [7, 11) is -2.42. The molecule has 3 N–H and O–H groups in total. The van der Waals surface area contributed by atoms with E-state index in [-0.39, 0.29) is 57.2 Å². The molecule has 3 aromatic rings. The summed E-state index contributed by atoms with van der Waals surface area (Å²) in [5.41, 5.74) is 9.39. The molecule has 3 amide bonds. The van der Waals surface area contributed by atoms with Gasteiger partial charge in [-0.3, -0.25) is 28.5 Å². The number of carbonyl (C=O) groups excluding carboxylic acids is 4. The number of ether oxygens (including phenoxy) is 4. The van der Waals surface area contributed by atoms with E-state index in [2.05, 4.69) is 22.2 Å². The predicted molar refractivity (Wildman–Crippen MR) is 246 cm³/mol. The van der Waals surface area contributed by atoms with E-state index in [1.165, 1.54) is 7.11 Å². The molecule has 0 radical (unpaired) electrons. The average Bonchev–Trinajstić information content (AvgIpc) is 3.91. The van der Waals surface area contributed by atoms with E-state index < -0.39 is 51.6 Å². The number of amides is 3. The highest BCUT2D eigenvalue weighted by atomic mass is 32.2. The van der Waals surface area contributed by atoms with E-state index in [4.69, 9.17) is 33.1 Å². The lowest BCUT2D eigenvalue weighted by Gasteiger charge is -2.27. The van der Waals surface area contributed by atoms with Gasteiger partial charge in [0.2, 0.25) is 0 Å². The van der Waals surface area contributed by atoms with E-state index in [0.717, 1.165) is 50.2 Å². The van der Waals surface area contributed by atoms with Crippen LogP contribution in [0.1, 0.15) is 152 Å². The Labute approximate surface area is 380 Å². The van der Waals surface area contributed by atoms with E-state index in [0.29, 0.717) is 58.7 Å². The van der Waals surface area contributed by atoms with Crippen LogP contribution in [0, 0.1) is 13.8 Å². The van der Waals surface area contributed by atoms with Crippen molar-refractivity contribution in [2.45, 2.75) is 112 Å². The topological polar surface area (TPSA) is 221 Å². The molecule has 3 atom stereocenters. The third-order valence-electron chi connectivity index (χ3n) is 12.0. The third kappa shape index (κ3) is 11.0. The van der Waals surface area contributed by atoms with Gasteiger partial charge in [-0.1, -0.05) is 13.8 Å². The summed E-state index contributed by atoms with van der Waals surface area (Å²) in [5.74, 6) is -2.24. The van der Waals surface area contributed by atoms with Crippen LogP contribution in [-0.2, 0) is 38.0 Å². The van der Waals surface area contributed by atoms with Crippen molar-refractivity contribution >= 4 is 67.2 Å². The molecule has 17 nitrogen and oxygen atoms in total. The van der Waals surface area contributed by atoms with Crippen molar-refractivity contribution in [2.75, 3.05) is 52.9 Å². The number of hydrogen-bond donors (Lipinski definition) is 3. The van der Waals surface area contributed by atoms with Crippen molar-refractivity contribution in [3.63, 3.8) is 0 Å². The molecule has 3 aliphatic rings. The van der Waals surface area contributed by atoms with Crippen LogP contribution in [-0.4, -0.2) is 116 Å². The second-order valence-corrected chi connectivity index (χ2v) is 19.3. The maximum absolute atomic E-state index is 14.8. The minimum Gasteiger partial charge on any atom is -0.469 e. The highest BCUT2D eigenvalue weighted by Crippen LogP contribution is 2.44. The van der Waals surface area contributed by atoms with Gasteiger partial charge in [-0.15, -0.1) is 0 Å². The van der Waals surface area contributed by atoms with Crippen molar-refractivity contribution in [1.29, 1.82) is 0 Å². The molecule has 1 unspecified atom stereocenters. The van der Waals surface area contributed by atoms with Gasteiger partial charge in [0.05, 0.1) is 79.6 Å². The number of nitrogens with one attached hydrogen (secondary N) is 3. The van der Waals surface area contributed by atoms with Gasteiger partial charge in [0.25, 0.3) is 21.9 Å². The molecule has 0 spiro atoms. The number of H-pyrrole nitrogens is 2. The number of aryl methyl sites for hydroxylation is 2. The summed E-state index contributed by atoms with van der Waals surface area (Å²) in [6, 6.07) is 5.90. The molecular weight excluding hydrogens is 857 g/mol. The second kappa shape index (κ2) is 20.0. The van der Waals surface area contributed by atoms with Gasteiger partial charge in [-0.25, -0.2) is 9.78 Å². The fourth-order valence-corrected chi connectivity index (χ4v) is 9.11. The van der Waals surface area contributed by atoms with Gasteiger partial charge in [0.1, 0.15) is 5.60 Å². The number of esters is 1. The number of methoxy groups -OCH3 is 1. The molecule has 0 aliphatic carbocycles. The Bertz CT molecular complexity index is 2680. The summed E-state index contributed by atoms with van der Waals surface area (Å²) in [6.07, 6.45) is 1.16. The first kappa shape index (κ1) is 49.0. The fraction of sp³-hybridized carbons (Fsp3) is 0.532. The van der Waals surface area contributed by atoms with Gasteiger partial charge < -0.3 is 34.2 Å². The number of allylic oxidation sites excluding steroid dienone is 2. The lowest BCUT2D eigenvalue weighted by molar-refractivity contribution is -0.140. The zero-order valence-corrected chi connectivity index (χ0v) is 40.1. The van der Waals surface area contributed by atoms with Gasteiger partial charge in [-0.05, 0) is 108 Å². The molecule has 352 valence electrons. The number of nitrogens with zero attached hydrogens (tertiary/aromatic N) is 3. The SMILES string of the molecule is CCC1=C(C)c2cc3[nH]c(cc4nc(c5c6[nH]c(cc1n2)c(C)c6C(=O)N(CCCOS(C)(=O)=O)C5=O)[C@@H](CCC(=O)OC)[C@@H]4C)c(C)c3C(C)OCCOCCNC(=O)OC(C)(C)C. The van der Waals surface area contributed by atoms with Crippen LogP contribution >= 0.6 is 0 Å². The number of imide groups is 1. The monoisotopic (exact) mass is 918 g/mol. The number of fused-ring (bicyclic) bond motifs is 8. The Morgan fingerprint density at radius 1 is 0.923 bits per heavy atom. The number of aromatic nitrogens is 4. The van der Waals surface area contributed by atoms with E-state index in [9.17, 15) is 27.6 Å². The van der Waals surface area contributed by atoms with Crippen molar-refractivity contribution in [2.24, 2.45) is 0 Å². The number of alkyl carbamates (subject to hydrolysis) is 1. The van der Waals surface area contributed by atoms with E-state index in [1.807, 2.05) is 52.8 Å². The fourth-order valence-electron chi connectivity index (χ4n) is 8.69. The summed E-state index contributed by atoms with van der Waals surface area (Å²) >= 11 is 0. The molecule has 0 fully saturated rings. The molecule has 6 rings (SSSR count).